The molecule has 1 fully saturated rings. The highest BCUT2D eigenvalue weighted by Gasteiger charge is 2.28. The van der Waals surface area contributed by atoms with Gasteiger partial charge in [0, 0.05) is 35.2 Å². The van der Waals surface area contributed by atoms with E-state index in [1.165, 1.54) is 0 Å². The molecule has 1 aromatic heterocycles. The second kappa shape index (κ2) is 8.02. The molecule has 4 rings (SSSR count). The lowest BCUT2D eigenvalue weighted by Crippen LogP contribution is -2.36. The zero-order chi connectivity index (χ0) is 19.5. The fraction of sp³-hybridized carbons (Fsp3) is 0.286. The molecule has 1 aliphatic rings. The van der Waals surface area contributed by atoms with Crippen molar-refractivity contribution in [1.82, 2.24) is 10.1 Å². The molecule has 6 nitrogen and oxygen atoms in total. The van der Waals surface area contributed by atoms with Gasteiger partial charge in [0.2, 0.25) is 5.82 Å². The third kappa shape index (κ3) is 3.87. The molecule has 144 valence electrons. The molecule has 0 radical (unpaired) electrons. The predicted molar refractivity (Wildman–Crippen MR) is 107 cm³/mol. The molecule has 0 bridgehead atoms. The summed E-state index contributed by atoms with van der Waals surface area (Å²) in [6, 6.07) is 15.1. The summed E-state index contributed by atoms with van der Waals surface area (Å²) in [5.41, 5.74) is 1.53. The normalized spacial score (nSPS) is 14.9. The van der Waals surface area contributed by atoms with Gasteiger partial charge >= 0.3 is 6.01 Å². The Morgan fingerprint density at radius 2 is 1.93 bits per heavy atom. The number of hydrogen-bond donors (Lipinski definition) is 0. The van der Waals surface area contributed by atoms with Gasteiger partial charge < -0.3 is 14.2 Å². The van der Waals surface area contributed by atoms with Gasteiger partial charge in [-0.3, -0.25) is 4.79 Å². The third-order valence-electron chi connectivity index (χ3n) is 5.01. The van der Waals surface area contributed by atoms with E-state index in [1.807, 2.05) is 41.3 Å². The molecule has 0 spiro atoms. The summed E-state index contributed by atoms with van der Waals surface area (Å²) >= 11 is 6.03. The molecule has 0 saturated carbocycles. The summed E-state index contributed by atoms with van der Waals surface area (Å²) in [5.74, 6) is 1.43. The molecule has 0 amide bonds. The number of aromatic nitrogens is 2. The van der Waals surface area contributed by atoms with Crippen LogP contribution in [-0.2, 0) is 0 Å². The van der Waals surface area contributed by atoms with Crippen molar-refractivity contribution < 1.29 is 14.1 Å². The van der Waals surface area contributed by atoms with Crippen LogP contribution in [0.1, 0.15) is 23.2 Å². The van der Waals surface area contributed by atoms with Crippen LogP contribution < -0.4 is 9.64 Å². The molecule has 0 unspecified atom stereocenters. The number of halogens is 1. The van der Waals surface area contributed by atoms with Gasteiger partial charge in [-0.25, -0.2) is 0 Å². The van der Waals surface area contributed by atoms with Crippen molar-refractivity contribution in [1.29, 1.82) is 0 Å². The minimum absolute atomic E-state index is 0.0000308. The summed E-state index contributed by atoms with van der Waals surface area (Å²) in [5, 5.41) is 4.68. The van der Waals surface area contributed by atoms with E-state index in [-0.39, 0.29) is 11.7 Å². The average Bonchev–Trinajstić information content (AvgIpc) is 3.24. The second-order valence-electron chi connectivity index (χ2n) is 6.76. The first kappa shape index (κ1) is 18.5. The first-order valence-corrected chi connectivity index (χ1v) is 9.54. The van der Waals surface area contributed by atoms with Crippen molar-refractivity contribution in [2.75, 3.05) is 25.1 Å². The maximum Gasteiger partial charge on any atom is 0.324 e. The summed E-state index contributed by atoms with van der Waals surface area (Å²) < 4.78 is 10.6. The van der Waals surface area contributed by atoms with E-state index in [2.05, 4.69) is 10.1 Å². The number of Topliss-reactive ketones (excluding diaryl/α,β-unsaturated/α-hetero) is 1. The highest BCUT2D eigenvalue weighted by Crippen LogP contribution is 2.27. The van der Waals surface area contributed by atoms with Crippen LogP contribution in [0, 0.1) is 5.92 Å². The lowest BCUT2D eigenvalue weighted by molar-refractivity contribution is 0.0899. The molecule has 1 aliphatic heterocycles. The Bertz CT molecular complexity index is 963. The zero-order valence-electron chi connectivity index (χ0n) is 15.5. The maximum absolute atomic E-state index is 12.7. The monoisotopic (exact) mass is 397 g/mol. The van der Waals surface area contributed by atoms with Gasteiger partial charge in [-0.05, 0) is 49.2 Å². The fourth-order valence-corrected chi connectivity index (χ4v) is 3.60. The van der Waals surface area contributed by atoms with Gasteiger partial charge in [-0.2, -0.15) is 4.98 Å². The van der Waals surface area contributed by atoms with Gasteiger partial charge in [-0.1, -0.05) is 28.9 Å². The van der Waals surface area contributed by atoms with E-state index >= 15 is 0 Å². The van der Waals surface area contributed by atoms with E-state index in [9.17, 15) is 4.79 Å². The number of benzene rings is 2. The number of carbonyl (C=O) groups is 1. The quantitative estimate of drug-likeness (QED) is 0.590. The van der Waals surface area contributed by atoms with Gasteiger partial charge in [-0.15, -0.1) is 0 Å². The summed E-state index contributed by atoms with van der Waals surface area (Å²) in [6.45, 7) is 1.40. The number of nitrogens with zero attached hydrogens (tertiary/aromatic N) is 3. The van der Waals surface area contributed by atoms with Crippen molar-refractivity contribution in [3.05, 3.63) is 59.1 Å². The standard InChI is InChI=1S/C21H20ClN3O3/c1-27-18-7-5-14(6-8-18)19(26)15-9-11-25(12-10-15)21-23-20(24-28-21)16-3-2-4-17(22)13-16/h2-8,13,15H,9-12H2,1H3. The van der Waals surface area contributed by atoms with Crippen LogP contribution in [0.15, 0.2) is 53.1 Å². The van der Waals surface area contributed by atoms with Crippen LogP contribution in [0.5, 0.6) is 5.75 Å². The number of carbonyl (C=O) groups excluding carboxylic acids is 1. The number of ketones is 1. The molecule has 3 aromatic rings. The molecule has 28 heavy (non-hydrogen) atoms. The Kier molecular flexibility index (Phi) is 5.30. The Hall–Kier alpha value is -2.86. The molecular weight excluding hydrogens is 378 g/mol. The number of ether oxygens (including phenoxy) is 1. The topological polar surface area (TPSA) is 68.5 Å². The van der Waals surface area contributed by atoms with Crippen molar-refractivity contribution >= 4 is 23.4 Å². The third-order valence-corrected chi connectivity index (χ3v) is 5.24. The maximum atomic E-state index is 12.7. The minimum Gasteiger partial charge on any atom is -0.497 e. The zero-order valence-corrected chi connectivity index (χ0v) is 16.2. The van der Waals surface area contributed by atoms with Crippen LogP contribution in [-0.4, -0.2) is 36.1 Å². The Labute approximate surface area is 168 Å². The summed E-state index contributed by atoms with van der Waals surface area (Å²) in [6.07, 6.45) is 1.50. The van der Waals surface area contributed by atoms with Crippen LogP contribution in [0.4, 0.5) is 6.01 Å². The fourth-order valence-electron chi connectivity index (χ4n) is 3.41. The Morgan fingerprint density at radius 1 is 1.18 bits per heavy atom. The molecule has 0 aliphatic carbocycles. The summed E-state index contributed by atoms with van der Waals surface area (Å²) in [4.78, 5) is 19.3. The number of hydrogen-bond acceptors (Lipinski definition) is 6. The van der Waals surface area contributed by atoms with Gasteiger partial charge in [0.1, 0.15) is 5.75 Å². The average molecular weight is 398 g/mol. The number of rotatable bonds is 5. The van der Waals surface area contributed by atoms with E-state index in [4.69, 9.17) is 20.9 Å². The van der Waals surface area contributed by atoms with Crippen molar-refractivity contribution in [3.8, 4) is 17.1 Å². The van der Waals surface area contributed by atoms with Crippen LogP contribution in [0.25, 0.3) is 11.4 Å². The minimum atomic E-state index is -0.0000308. The Balaban J connectivity index is 1.39. The van der Waals surface area contributed by atoms with Crippen LogP contribution in [0.3, 0.4) is 0 Å². The van der Waals surface area contributed by atoms with E-state index in [0.29, 0.717) is 30.0 Å². The number of methoxy groups -OCH3 is 1. The molecule has 1 saturated heterocycles. The van der Waals surface area contributed by atoms with Crippen LogP contribution in [0.2, 0.25) is 5.02 Å². The van der Waals surface area contributed by atoms with Gasteiger partial charge in [0.05, 0.1) is 7.11 Å². The van der Waals surface area contributed by atoms with E-state index < -0.39 is 0 Å². The Morgan fingerprint density at radius 3 is 2.61 bits per heavy atom. The van der Waals surface area contributed by atoms with E-state index in [1.54, 1.807) is 19.2 Å². The molecular formula is C21H20ClN3O3. The lowest BCUT2D eigenvalue weighted by atomic mass is 9.89. The largest absolute Gasteiger partial charge is 0.497 e. The molecule has 2 aromatic carbocycles. The second-order valence-corrected chi connectivity index (χ2v) is 7.20. The first-order valence-electron chi connectivity index (χ1n) is 9.17. The first-order chi connectivity index (χ1) is 13.6. The molecule has 0 N–H and O–H groups in total. The molecule has 0 atom stereocenters. The number of piperidine rings is 1. The SMILES string of the molecule is COc1ccc(C(=O)C2CCN(c3nc(-c4cccc(Cl)c4)no3)CC2)cc1. The highest BCUT2D eigenvalue weighted by molar-refractivity contribution is 6.30. The molecule has 2 heterocycles. The van der Waals surface area contributed by atoms with Crippen molar-refractivity contribution in [2.24, 2.45) is 5.92 Å². The number of anilines is 1. The smallest absolute Gasteiger partial charge is 0.324 e. The van der Waals surface area contributed by atoms with Crippen LogP contribution >= 0.6 is 11.6 Å². The molecule has 7 heteroatoms. The van der Waals surface area contributed by atoms with E-state index in [0.717, 1.165) is 29.7 Å². The summed E-state index contributed by atoms with van der Waals surface area (Å²) in [7, 11) is 1.61. The van der Waals surface area contributed by atoms with Gasteiger partial charge in [0.25, 0.3) is 0 Å². The predicted octanol–water partition coefficient (Wildman–Crippen LogP) is 4.50. The van der Waals surface area contributed by atoms with Crippen molar-refractivity contribution in [3.63, 3.8) is 0 Å². The lowest BCUT2D eigenvalue weighted by Gasteiger charge is -2.29. The van der Waals surface area contributed by atoms with Crippen molar-refractivity contribution in [2.45, 2.75) is 12.8 Å². The van der Waals surface area contributed by atoms with Gasteiger partial charge in [0.15, 0.2) is 5.78 Å². The highest BCUT2D eigenvalue weighted by atomic mass is 35.5.